The van der Waals surface area contributed by atoms with E-state index in [2.05, 4.69) is 19.7 Å². The zero-order valence-electron chi connectivity index (χ0n) is 21.5. The lowest BCUT2D eigenvalue weighted by atomic mass is 9.88. The molecular weight excluding hydrogens is 484 g/mol. The van der Waals surface area contributed by atoms with Crippen molar-refractivity contribution in [2.24, 2.45) is 10.8 Å². The summed E-state index contributed by atoms with van der Waals surface area (Å²) < 4.78 is 0. The van der Waals surface area contributed by atoms with Crippen molar-refractivity contribution in [3.05, 3.63) is 36.5 Å². The van der Waals surface area contributed by atoms with Crippen LogP contribution in [0.3, 0.4) is 0 Å². The molecule has 13 heteroatoms. The van der Waals surface area contributed by atoms with E-state index in [-0.39, 0.29) is 36.5 Å². The quantitative estimate of drug-likeness (QED) is 0.148. The maximum Gasteiger partial charge on any atom is 0.330 e. The van der Waals surface area contributed by atoms with Crippen LogP contribution >= 0.6 is 0 Å². The summed E-state index contributed by atoms with van der Waals surface area (Å²) in [6.07, 6.45) is 0.594. The van der Waals surface area contributed by atoms with E-state index in [0.717, 1.165) is 0 Å². The van der Waals surface area contributed by atoms with E-state index >= 15 is 0 Å². The molecule has 0 fully saturated rings. The monoisotopic (exact) mass is 528 g/mol. The fourth-order valence-corrected chi connectivity index (χ4v) is 0.785. The first-order valence-electron chi connectivity index (χ1n) is 10.3. The second kappa shape index (κ2) is 25.4. The third-order valence-corrected chi connectivity index (χ3v) is 4.19. The number of carboxylic acids is 3. The Morgan fingerprint density at radius 2 is 0.639 bits per heavy atom. The van der Waals surface area contributed by atoms with Gasteiger partial charge < -0.3 is 51.1 Å². The predicted octanol–water partition coefficient (Wildman–Crippen LogP) is -0.757. The normalized spacial score (nSPS) is 9.75. The van der Waals surface area contributed by atoms with Crippen LogP contribution in [-0.2, 0) is 14.4 Å². The fourth-order valence-electron chi connectivity index (χ4n) is 0.785. The number of carboxylic acid groups (broad SMARTS) is 3. The van der Waals surface area contributed by atoms with Gasteiger partial charge in [0.2, 0.25) is 0 Å². The maximum absolute atomic E-state index is 9.60. The zero-order chi connectivity index (χ0) is 30.1. The Labute approximate surface area is 211 Å². The minimum absolute atomic E-state index is 0.156. The Bertz CT molecular complexity index is 500. The van der Waals surface area contributed by atoms with Crippen LogP contribution in [0, 0.1) is 10.8 Å². The maximum atomic E-state index is 9.60. The first kappa shape index (κ1) is 43.4. The number of aliphatic hydroxyl groups excluding tert-OH is 7. The van der Waals surface area contributed by atoms with Crippen LogP contribution in [0.5, 0.6) is 0 Å². The number of aliphatic carboxylic acids is 3. The molecule has 36 heavy (non-hydrogen) atoms. The summed E-state index contributed by atoms with van der Waals surface area (Å²) in [5.74, 6) is -2.81. The lowest BCUT2D eigenvalue weighted by Gasteiger charge is -2.24. The standard InChI is InChI=1S/C6H14O3.C5H12O4.3C4H6O2/c1-2-6(3-7,4-8)5-9;6-1-5(2-7,3-8)4-9;3*1-3(2)4(5)6/h7-9H,2-5H2,1H3;6-9H,1-4H2;3*1H2,2H3,(H,5,6). The smallest absolute Gasteiger partial charge is 0.330 e. The van der Waals surface area contributed by atoms with Gasteiger partial charge in [-0.25, -0.2) is 14.4 Å². The van der Waals surface area contributed by atoms with Crippen molar-refractivity contribution in [1.29, 1.82) is 0 Å². The number of carbonyl (C=O) groups is 3. The summed E-state index contributed by atoms with van der Waals surface area (Å²) in [5, 5.41) is 83.6. The molecular formula is C23H44O13. The molecule has 10 N–H and O–H groups in total. The van der Waals surface area contributed by atoms with Crippen molar-refractivity contribution in [3.8, 4) is 0 Å². The molecule has 214 valence electrons. The van der Waals surface area contributed by atoms with Gasteiger partial charge in [0.15, 0.2) is 0 Å². The largest absolute Gasteiger partial charge is 0.478 e. The van der Waals surface area contributed by atoms with Crippen molar-refractivity contribution in [3.63, 3.8) is 0 Å². The lowest BCUT2D eigenvalue weighted by molar-refractivity contribution is -0.133. The molecule has 0 spiro atoms. The average Bonchev–Trinajstić information content (AvgIpc) is 2.84. The molecule has 0 unspecified atom stereocenters. The van der Waals surface area contributed by atoms with E-state index in [1.807, 2.05) is 6.92 Å². The highest BCUT2D eigenvalue weighted by Gasteiger charge is 2.26. The molecule has 0 bridgehead atoms. The van der Waals surface area contributed by atoms with E-state index in [1.54, 1.807) is 0 Å². The molecule has 0 aliphatic carbocycles. The lowest BCUT2D eigenvalue weighted by Crippen LogP contribution is -2.37. The summed E-state index contributed by atoms with van der Waals surface area (Å²) in [7, 11) is 0. The van der Waals surface area contributed by atoms with Gasteiger partial charge in [-0.1, -0.05) is 26.7 Å². The third kappa shape index (κ3) is 26.0. The van der Waals surface area contributed by atoms with Gasteiger partial charge in [-0.05, 0) is 27.2 Å². The highest BCUT2D eigenvalue weighted by Crippen LogP contribution is 2.18. The van der Waals surface area contributed by atoms with Crippen LogP contribution in [0.2, 0.25) is 0 Å². The molecule has 0 aliphatic heterocycles. The van der Waals surface area contributed by atoms with Gasteiger partial charge in [0.25, 0.3) is 0 Å². The Kier molecular flexibility index (Phi) is 30.7. The van der Waals surface area contributed by atoms with Gasteiger partial charge in [-0.3, -0.25) is 0 Å². The predicted molar refractivity (Wildman–Crippen MR) is 132 cm³/mol. The van der Waals surface area contributed by atoms with Crippen molar-refractivity contribution in [2.75, 3.05) is 46.2 Å². The molecule has 0 atom stereocenters. The Balaban J connectivity index is -0.000000113. The summed E-state index contributed by atoms with van der Waals surface area (Å²) in [6.45, 7) is 13.5. The number of hydrogen-bond acceptors (Lipinski definition) is 10. The minimum Gasteiger partial charge on any atom is -0.478 e. The first-order chi connectivity index (χ1) is 16.4. The van der Waals surface area contributed by atoms with Crippen molar-refractivity contribution >= 4 is 17.9 Å². The van der Waals surface area contributed by atoms with Gasteiger partial charge in [0.1, 0.15) is 0 Å². The van der Waals surface area contributed by atoms with Crippen molar-refractivity contribution < 1.29 is 65.4 Å². The molecule has 0 radical (unpaired) electrons. The summed E-state index contributed by atoms with van der Waals surface area (Å²) in [5.41, 5.74) is -1.25. The van der Waals surface area contributed by atoms with Crippen LogP contribution in [0.15, 0.2) is 36.5 Å². The second-order valence-electron chi connectivity index (χ2n) is 7.72. The van der Waals surface area contributed by atoms with Gasteiger partial charge >= 0.3 is 17.9 Å². The molecule has 0 aromatic heterocycles. The highest BCUT2D eigenvalue weighted by molar-refractivity contribution is 5.85. The zero-order valence-corrected chi connectivity index (χ0v) is 21.5. The Hall–Kier alpha value is -2.65. The van der Waals surface area contributed by atoms with Gasteiger partial charge in [-0.15, -0.1) is 0 Å². The molecule has 0 amide bonds. The van der Waals surface area contributed by atoms with Crippen molar-refractivity contribution in [2.45, 2.75) is 34.1 Å². The Morgan fingerprint density at radius 1 is 0.500 bits per heavy atom. The van der Waals surface area contributed by atoms with Crippen LogP contribution in [0.1, 0.15) is 34.1 Å². The van der Waals surface area contributed by atoms with Gasteiger partial charge in [0, 0.05) is 22.1 Å². The summed E-state index contributed by atoms with van der Waals surface area (Å²) >= 11 is 0. The number of aliphatic hydroxyl groups is 7. The highest BCUT2D eigenvalue weighted by atomic mass is 16.4. The molecule has 0 saturated heterocycles. The molecule has 0 aliphatic rings. The third-order valence-electron chi connectivity index (χ3n) is 4.19. The van der Waals surface area contributed by atoms with E-state index in [4.69, 9.17) is 51.1 Å². The topological polar surface area (TPSA) is 254 Å². The fraction of sp³-hybridized carbons (Fsp3) is 0.609. The second-order valence-corrected chi connectivity index (χ2v) is 7.72. The summed E-state index contributed by atoms with van der Waals surface area (Å²) in [6, 6.07) is 0. The molecule has 0 rings (SSSR count). The molecule has 0 heterocycles. The number of rotatable bonds is 11. The van der Waals surface area contributed by atoms with E-state index < -0.39 is 55.2 Å². The average molecular weight is 529 g/mol. The SMILES string of the molecule is C=C(C)C(=O)O.C=C(C)C(=O)O.C=C(C)C(=O)O.CCC(CO)(CO)CO.OCC(CO)(CO)CO. The molecule has 0 aromatic rings. The Morgan fingerprint density at radius 3 is 0.639 bits per heavy atom. The van der Waals surface area contributed by atoms with E-state index in [0.29, 0.717) is 6.42 Å². The van der Waals surface area contributed by atoms with E-state index in [1.165, 1.54) is 20.8 Å². The minimum atomic E-state index is -1.11. The van der Waals surface area contributed by atoms with E-state index in [9.17, 15) is 14.4 Å². The molecule has 0 saturated carbocycles. The molecule has 13 nitrogen and oxygen atoms in total. The van der Waals surface area contributed by atoms with Crippen LogP contribution < -0.4 is 0 Å². The first-order valence-corrected chi connectivity index (χ1v) is 10.3. The van der Waals surface area contributed by atoms with Gasteiger partial charge in [-0.2, -0.15) is 0 Å². The number of hydrogen-bond donors (Lipinski definition) is 10. The molecule has 0 aromatic carbocycles. The van der Waals surface area contributed by atoms with Crippen molar-refractivity contribution in [1.82, 2.24) is 0 Å². The van der Waals surface area contributed by atoms with Gasteiger partial charge in [0.05, 0.1) is 51.7 Å². The van der Waals surface area contributed by atoms with Crippen LogP contribution in [0.25, 0.3) is 0 Å². The van der Waals surface area contributed by atoms with Crippen LogP contribution in [0.4, 0.5) is 0 Å². The van der Waals surface area contributed by atoms with Crippen LogP contribution in [-0.4, -0.2) is 115 Å². The summed E-state index contributed by atoms with van der Waals surface area (Å²) in [4.78, 5) is 28.8.